The number of hydrogen-bond acceptors (Lipinski definition) is 3. The van der Waals surface area contributed by atoms with Crippen molar-refractivity contribution in [3.05, 3.63) is 35.4 Å². The van der Waals surface area contributed by atoms with Crippen LogP contribution in [0.1, 0.15) is 18.1 Å². The van der Waals surface area contributed by atoms with Gasteiger partial charge in [-0.2, -0.15) is 5.26 Å². The van der Waals surface area contributed by atoms with E-state index < -0.39 is 0 Å². The van der Waals surface area contributed by atoms with Gasteiger partial charge in [-0.05, 0) is 24.6 Å². The average molecular weight is 174 g/mol. The molecule has 0 bridgehead atoms. The van der Waals surface area contributed by atoms with Crippen molar-refractivity contribution in [2.24, 2.45) is 5.16 Å². The minimum absolute atomic E-state index is 0.562. The maximum atomic E-state index is 8.53. The summed E-state index contributed by atoms with van der Waals surface area (Å²) in [6.45, 7) is 2.43. The molecule has 0 fully saturated rings. The summed E-state index contributed by atoms with van der Waals surface area (Å²) in [4.78, 5) is 4.80. The van der Waals surface area contributed by atoms with E-state index in [9.17, 15) is 0 Å². The van der Waals surface area contributed by atoms with Crippen molar-refractivity contribution in [1.82, 2.24) is 0 Å². The number of rotatable bonds is 3. The molecule has 0 unspecified atom stereocenters. The minimum atomic E-state index is 0.562. The predicted molar refractivity (Wildman–Crippen MR) is 50.4 cm³/mol. The van der Waals surface area contributed by atoms with Crippen LogP contribution in [0.3, 0.4) is 0 Å². The lowest BCUT2D eigenvalue weighted by atomic mass is 10.2. The molecule has 66 valence electrons. The Morgan fingerprint density at radius 1 is 1.46 bits per heavy atom. The maximum absolute atomic E-state index is 8.53. The molecule has 1 aromatic rings. The van der Waals surface area contributed by atoms with E-state index in [1.807, 2.05) is 25.1 Å². The molecular weight excluding hydrogens is 164 g/mol. The van der Waals surface area contributed by atoms with Crippen molar-refractivity contribution in [2.45, 2.75) is 6.92 Å². The molecule has 0 atom stereocenters. The highest BCUT2D eigenvalue weighted by Crippen LogP contribution is 2.00. The second-order valence-electron chi connectivity index (χ2n) is 2.39. The third-order valence-electron chi connectivity index (χ3n) is 1.45. The van der Waals surface area contributed by atoms with Gasteiger partial charge in [0.2, 0.25) is 0 Å². The summed E-state index contributed by atoms with van der Waals surface area (Å²) in [5, 5.41) is 12.2. The Labute approximate surface area is 77.2 Å². The van der Waals surface area contributed by atoms with Gasteiger partial charge in [0, 0.05) is 0 Å². The molecule has 0 radical (unpaired) electrons. The highest BCUT2D eigenvalue weighted by atomic mass is 16.6. The van der Waals surface area contributed by atoms with Crippen LogP contribution in [0.5, 0.6) is 0 Å². The SMILES string of the molecule is CCON=Cc1ccc(C#N)cc1. The zero-order valence-corrected chi connectivity index (χ0v) is 7.40. The zero-order chi connectivity index (χ0) is 9.52. The third-order valence-corrected chi connectivity index (χ3v) is 1.45. The van der Waals surface area contributed by atoms with Crippen molar-refractivity contribution in [3.8, 4) is 6.07 Å². The van der Waals surface area contributed by atoms with E-state index in [1.54, 1.807) is 18.3 Å². The van der Waals surface area contributed by atoms with Gasteiger partial charge in [0.05, 0.1) is 17.8 Å². The summed E-state index contributed by atoms with van der Waals surface area (Å²) in [7, 11) is 0. The molecule has 0 amide bonds. The van der Waals surface area contributed by atoms with E-state index in [4.69, 9.17) is 10.1 Å². The minimum Gasteiger partial charge on any atom is -0.396 e. The van der Waals surface area contributed by atoms with Crippen molar-refractivity contribution in [2.75, 3.05) is 6.61 Å². The van der Waals surface area contributed by atoms with E-state index in [0.29, 0.717) is 12.2 Å². The van der Waals surface area contributed by atoms with Crippen LogP contribution in [0.4, 0.5) is 0 Å². The van der Waals surface area contributed by atoms with Crippen LogP contribution in [-0.4, -0.2) is 12.8 Å². The first-order valence-corrected chi connectivity index (χ1v) is 4.02. The first kappa shape index (κ1) is 9.27. The molecule has 1 rings (SSSR count). The van der Waals surface area contributed by atoms with Gasteiger partial charge in [-0.3, -0.25) is 0 Å². The number of benzene rings is 1. The normalized spacial score (nSPS) is 9.85. The summed E-state index contributed by atoms with van der Waals surface area (Å²) >= 11 is 0. The second-order valence-corrected chi connectivity index (χ2v) is 2.39. The molecule has 13 heavy (non-hydrogen) atoms. The monoisotopic (exact) mass is 174 g/mol. The lowest BCUT2D eigenvalue weighted by Gasteiger charge is -1.93. The fourth-order valence-corrected chi connectivity index (χ4v) is 0.816. The predicted octanol–water partition coefficient (Wildman–Crippen LogP) is 1.93. The van der Waals surface area contributed by atoms with Crippen LogP contribution in [-0.2, 0) is 4.84 Å². The Bertz CT molecular complexity index is 322. The van der Waals surface area contributed by atoms with E-state index in [-0.39, 0.29) is 0 Å². The van der Waals surface area contributed by atoms with Crippen LogP contribution in [0.25, 0.3) is 0 Å². The number of hydrogen-bond donors (Lipinski definition) is 0. The third kappa shape index (κ3) is 2.96. The number of nitrogens with zero attached hydrogens (tertiary/aromatic N) is 2. The van der Waals surface area contributed by atoms with Crippen LogP contribution in [0.2, 0.25) is 0 Å². The Kier molecular flexibility index (Phi) is 3.52. The number of nitriles is 1. The Hall–Kier alpha value is -1.82. The van der Waals surface area contributed by atoms with E-state index >= 15 is 0 Å². The largest absolute Gasteiger partial charge is 0.396 e. The van der Waals surface area contributed by atoms with Crippen molar-refractivity contribution in [1.29, 1.82) is 5.26 Å². The highest BCUT2D eigenvalue weighted by molar-refractivity contribution is 5.79. The fraction of sp³-hybridized carbons (Fsp3) is 0.200. The van der Waals surface area contributed by atoms with E-state index in [0.717, 1.165) is 5.56 Å². The zero-order valence-electron chi connectivity index (χ0n) is 7.40. The molecule has 0 heterocycles. The lowest BCUT2D eigenvalue weighted by molar-refractivity contribution is 0.160. The Morgan fingerprint density at radius 3 is 2.69 bits per heavy atom. The van der Waals surface area contributed by atoms with Gasteiger partial charge in [0.25, 0.3) is 0 Å². The van der Waals surface area contributed by atoms with Crippen molar-refractivity contribution in [3.63, 3.8) is 0 Å². The van der Waals surface area contributed by atoms with Gasteiger partial charge < -0.3 is 4.84 Å². The molecule has 3 heteroatoms. The topological polar surface area (TPSA) is 45.4 Å². The first-order chi connectivity index (χ1) is 6.36. The summed E-state index contributed by atoms with van der Waals surface area (Å²) in [5.74, 6) is 0. The van der Waals surface area contributed by atoms with Gasteiger partial charge in [-0.15, -0.1) is 0 Å². The van der Waals surface area contributed by atoms with Crippen LogP contribution in [0, 0.1) is 11.3 Å². The molecule has 0 saturated carbocycles. The molecule has 0 aliphatic carbocycles. The van der Waals surface area contributed by atoms with Gasteiger partial charge >= 0.3 is 0 Å². The molecule has 3 nitrogen and oxygen atoms in total. The molecule has 1 aromatic carbocycles. The summed E-state index contributed by atoms with van der Waals surface area (Å²) in [6.07, 6.45) is 1.62. The van der Waals surface area contributed by atoms with Crippen LogP contribution >= 0.6 is 0 Å². The lowest BCUT2D eigenvalue weighted by Crippen LogP contribution is -1.84. The maximum Gasteiger partial charge on any atom is 0.114 e. The van der Waals surface area contributed by atoms with Crippen LogP contribution < -0.4 is 0 Å². The molecular formula is C10H10N2O. The van der Waals surface area contributed by atoms with Crippen molar-refractivity contribution >= 4 is 6.21 Å². The first-order valence-electron chi connectivity index (χ1n) is 4.02. The van der Waals surface area contributed by atoms with E-state index in [1.165, 1.54) is 0 Å². The van der Waals surface area contributed by atoms with Crippen LogP contribution in [0.15, 0.2) is 29.4 Å². The van der Waals surface area contributed by atoms with Gasteiger partial charge in [-0.25, -0.2) is 0 Å². The fourth-order valence-electron chi connectivity index (χ4n) is 0.816. The second kappa shape index (κ2) is 4.94. The molecule has 0 N–H and O–H groups in total. The molecule has 0 aromatic heterocycles. The molecule has 0 aliphatic rings. The average Bonchev–Trinajstić information content (AvgIpc) is 2.19. The van der Waals surface area contributed by atoms with Gasteiger partial charge in [0.1, 0.15) is 6.61 Å². The van der Waals surface area contributed by atoms with E-state index in [2.05, 4.69) is 5.16 Å². The smallest absolute Gasteiger partial charge is 0.114 e. The standard InChI is InChI=1S/C10H10N2O/c1-2-13-12-8-10-5-3-9(7-11)4-6-10/h3-6,8H,2H2,1H3. The Morgan fingerprint density at radius 2 is 2.15 bits per heavy atom. The highest BCUT2D eigenvalue weighted by Gasteiger charge is 1.89. The molecule has 0 saturated heterocycles. The summed E-state index contributed by atoms with van der Waals surface area (Å²) in [6, 6.07) is 9.17. The summed E-state index contributed by atoms with van der Waals surface area (Å²) in [5.41, 5.74) is 1.57. The van der Waals surface area contributed by atoms with Gasteiger partial charge in [0.15, 0.2) is 0 Å². The number of oxime groups is 1. The summed E-state index contributed by atoms with van der Waals surface area (Å²) < 4.78 is 0. The van der Waals surface area contributed by atoms with Crippen molar-refractivity contribution < 1.29 is 4.84 Å². The molecule has 0 aliphatic heterocycles. The molecule has 0 spiro atoms. The quantitative estimate of drug-likeness (QED) is 0.519. The Balaban J connectivity index is 2.65. The van der Waals surface area contributed by atoms with Gasteiger partial charge in [-0.1, -0.05) is 17.3 Å².